The van der Waals surface area contributed by atoms with Crippen LogP contribution in [-0.4, -0.2) is 23.0 Å². The summed E-state index contributed by atoms with van der Waals surface area (Å²) in [7, 11) is -4.56. The van der Waals surface area contributed by atoms with Gasteiger partial charge in [0.15, 0.2) is 4.93 Å². The third-order valence-electron chi connectivity index (χ3n) is 2.72. The minimum atomic E-state index is -4.56. The molecule has 4 nitrogen and oxygen atoms in total. The van der Waals surface area contributed by atoms with E-state index in [2.05, 4.69) is 0 Å². The molecule has 0 spiro atoms. The minimum Gasteiger partial charge on any atom is -0.746 e. The zero-order chi connectivity index (χ0) is 9.57. The van der Waals surface area contributed by atoms with Crippen LogP contribution in [-0.2, 0) is 10.1 Å². The average molecular weight is 216 g/mol. The van der Waals surface area contributed by atoms with Gasteiger partial charge in [0, 0.05) is 0 Å². The molecule has 0 bridgehead atoms. The molecular weight excluding hydrogens is 203 g/mol. The molecule has 0 heterocycles. The van der Waals surface area contributed by atoms with Crippen LogP contribution >= 0.6 is 0 Å². The molecule has 0 aromatic heterocycles. The molecule has 6 heteroatoms. The smallest absolute Gasteiger partial charge is 0.746 e. The molecule has 1 saturated carbocycles. The Morgan fingerprint density at radius 1 is 1.31 bits per heavy atom. The van der Waals surface area contributed by atoms with E-state index in [0.29, 0.717) is 0 Å². The number of aliphatic hydroxyl groups is 1. The van der Waals surface area contributed by atoms with E-state index in [-0.39, 0.29) is 54.2 Å². The van der Waals surface area contributed by atoms with Gasteiger partial charge in [0.1, 0.15) is 10.1 Å². The van der Waals surface area contributed by atoms with E-state index in [1.165, 1.54) is 0 Å². The van der Waals surface area contributed by atoms with Crippen molar-refractivity contribution in [1.29, 1.82) is 0 Å². The summed E-state index contributed by atoms with van der Waals surface area (Å²) in [5, 5.41) is 9.47. The predicted molar refractivity (Wildman–Crippen MR) is 42.2 cm³/mol. The van der Waals surface area contributed by atoms with Gasteiger partial charge in [-0.15, -0.1) is 0 Å². The molecule has 13 heavy (non-hydrogen) atoms. The van der Waals surface area contributed by atoms with Crippen molar-refractivity contribution in [3.63, 3.8) is 0 Å². The standard InChI is InChI=1S/C7H14O4S.Na/c1-5-3-7(8,4-6(5)2)12(9,10)11;/h5-6,8H,3-4H2,1-2H3,(H,9,10,11);/q;+1/p-1/t5-,6-;/m0./s1. The molecule has 1 N–H and O–H groups in total. The van der Waals surface area contributed by atoms with Crippen LogP contribution < -0.4 is 29.6 Å². The minimum absolute atomic E-state index is 0. The number of rotatable bonds is 1. The zero-order valence-corrected chi connectivity index (χ0v) is 11.0. The first-order chi connectivity index (χ1) is 5.26. The van der Waals surface area contributed by atoms with Crippen molar-refractivity contribution < 1.29 is 47.6 Å². The van der Waals surface area contributed by atoms with E-state index >= 15 is 0 Å². The van der Waals surface area contributed by atoms with Crippen molar-refractivity contribution in [2.24, 2.45) is 11.8 Å². The first-order valence-electron chi connectivity index (χ1n) is 3.94. The van der Waals surface area contributed by atoms with Gasteiger partial charge in [-0.25, -0.2) is 8.42 Å². The Bertz CT molecular complexity index is 264. The fourth-order valence-electron chi connectivity index (χ4n) is 1.70. The molecule has 1 aliphatic rings. The second-order valence-corrected chi connectivity index (χ2v) is 5.43. The third-order valence-corrected chi connectivity index (χ3v) is 3.98. The average Bonchev–Trinajstić information content (AvgIpc) is 2.06. The molecule has 0 aromatic rings. The van der Waals surface area contributed by atoms with Crippen LogP contribution in [0.1, 0.15) is 26.7 Å². The molecule has 2 atom stereocenters. The van der Waals surface area contributed by atoms with Gasteiger partial charge in [-0.05, 0) is 24.7 Å². The van der Waals surface area contributed by atoms with Gasteiger partial charge < -0.3 is 9.66 Å². The number of hydrogen-bond acceptors (Lipinski definition) is 4. The summed E-state index contributed by atoms with van der Waals surface area (Å²) in [6.07, 6.45) is 0.139. The molecule has 0 unspecified atom stereocenters. The summed E-state index contributed by atoms with van der Waals surface area (Å²) in [4.78, 5) is -2.01. The van der Waals surface area contributed by atoms with Gasteiger partial charge in [0.2, 0.25) is 0 Å². The second-order valence-electron chi connectivity index (χ2n) is 3.76. The van der Waals surface area contributed by atoms with Crippen LogP contribution in [0.4, 0.5) is 0 Å². The molecule has 0 aromatic carbocycles. The van der Waals surface area contributed by atoms with Crippen LogP contribution in [0, 0.1) is 11.8 Å². The van der Waals surface area contributed by atoms with Crippen molar-refractivity contribution in [2.75, 3.05) is 0 Å². The van der Waals surface area contributed by atoms with Crippen molar-refractivity contribution in [1.82, 2.24) is 0 Å². The Morgan fingerprint density at radius 3 is 1.77 bits per heavy atom. The predicted octanol–water partition coefficient (Wildman–Crippen LogP) is -2.71. The zero-order valence-electron chi connectivity index (χ0n) is 8.15. The summed E-state index contributed by atoms with van der Waals surface area (Å²) in [5.41, 5.74) is 0. The Labute approximate surface area is 101 Å². The van der Waals surface area contributed by atoms with E-state index in [1.807, 2.05) is 13.8 Å². The SMILES string of the molecule is C[C@H]1CC(O)(S(=O)(=O)[O-])C[C@@H]1C.[Na+]. The molecule has 0 amide bonds. The first-order valence-corrected chi connectivity index (χ1v) is 5.35. The van der Waals surface area contributed by atoms with Gasteiger partial charge >= 0.3 is 29.6 Å². The van der Waals surface area contributed by atoms with E-state index in [1.54, 1.807) is 0 Å². The van der Waals surface area contributed by atoms with Crippen LogP contribution in [0.3, 0.4) is 0 Å². The second kappa shape index (κ2) is 4.16. The molecule has 0 radical (unpaired) electrons. The van der Waals surface area contributed by atoms with Gasteiger partial charge in [-0.2, -0.15) is 0 Å². The van der Waals surface area contributed by atoms with Gasteiger partial charge in [0.25, 0.3) is 0 Å². The molecule has 1 fully saturated rings. The van der Waals surface area contributed by atoms with Gasteiger partial charge in [0.05, 0.1) is 0 Å². The molecule has 1 aliphatic carbocycles. The quantitative estimate of drug-likeness (QED) is 0.382. The van der Waals surface area contributed by atoms with E-state index in [0.717, 1.165) is 0 Å². The van der Waals surface area contributed by atoms with Crippen molar-refractivity contribution in [3.8, 4) is 0 Å². The largest absolute Gasteiger partial charge is 1.00 e. The van der Waals surface area contributed by atoms with E-state index in [9.17, 15) is 18.1 Å². The molecule has 1 rings (SSSR count). The summed E-state index contributed by atoms with van der Waals surface area (Å²) >= 11 is 0. The molecule has 72 valence electrons. The topological polar surface area (TPSA) is 77.4 Å². The molecule has 0 saturated heterocycles. The summed E-state index contributed by atoms with van der Waals surface area (Å²) < 4.78 is 31.9. The fraction of sp³-hybridized carbons (Fsp3) is 1.00. The van der Waals surface area contributed by atoms with Crippen LogP contribution in [0.5, 0.6) is 0 Å². The Hall–Kier alpha value is 0.870. The Balaban J connectivity index is 0.00000144. The van der Waals surface area contributed by atoms with Crippen molar-refractivity contribution >= 4 is 10.1 Å². The maximum Gasteiger partial charge on any atom is 1.00 e. The summed E-state index contributed by atoms with van der Waals surface area (Å²) in [6.45, 7) is 3.68. The maximum atomic E-state index is 10.6. The normalized spacial score (nSPS) is 32.6. The van der Waals surface area contributed by atoms with Crippen LogP contribution in [0.15, 0.2) is 0 Å². The van der Waals surface area contributed by atoms with Crippen molar-refractivity contribution in [3.05, 3.63) is 0 Å². The summed E-state index contributed by atoms with van der Waals surface area (Å²) in [5.74, 6) is 0.192. The first kappa shape index (κ1) is 13.9. The maximum absolute atomic E-state index is 10.6. The van der Waals surface area contributed by atoms with Crippen LogP contribution in [0.25, 0.3) is 0 Å². The van der Waals surface area contributed by atoms with Crippen molar-refractivity contribution in [2.45, 2.75) is 31.6 Å². The fourth-order valence-corrected chi connectivity index (χ4v) is 2.63. The third kappa shape index (κ3) is 2.67. The monoisotopic (exact) mass is 216 g/mol. The van der Waals surface area contributed by atoms with E-state index in [4.69, 9.17) is 0 Å². The Morgan fingerprint density at radius 2 is 1.62 bits per heavy atom. The molecule has 0 aliphatic heterocycles. The van der Waals surface area contributed by atoms with E-state index < -0.39 is 15.1 Å². The van der Waals surface area contributed by atoms with Gasteiger partial charge in [-0.1, -0.05) is 13.8 Å². The number of hydrogen-bond donors (Lipinski definition) is 1. The van der Waals surface area contributed by atoms with Gasteiger partial charge in [-0.3, -0.25) is 0 Å². The van der Waals surface area contributed by atoms with Crippen LogP contribution in [0.2, 0.25) is 0 Å². The Kier molecular flexibility index (Phi) is 4.44. The molecular formula is C7H13NaO4S. The summed E-state index contributed by atoms with van der Waals surface area (Å²) in [6, 6.07) is 0.